The van der Waals surface area contributed by atoms with Crippen LogP contribution in [0.15, 0.2) is 103 Å². The molecule has 216 valence electrons. The van der Waals surface area contributed by atoms with Crippen molar-refractivity contribution in [1.29, 1.82) is 0 Å². The molecule has 0 bridgehead atoms. The second kappa shape index (κ2) is 13.5. The molecular formula is C37H37ClO3S. The number of hydrogen-bond donors (Lipinski definition) is 0. The van der Waals surface area contributed by atoms with Crippen LogP contribution in [-0.2, 0) is 33.8 Å². The zero-order valence-corrected chi connectivity index (χ0v) is 25.7. The highest BCUT2D eigenvalue weighted by atomic mass is 35.5. The largest absolute Gasteiger partial charge is 0.371 e. The van der Waals surface area contributed by atoms with Gasteiger partial charge in [-0.25, -0.2) is 0 Å². The summed E-state index contributed by atoms with van der Waals surface area (Å²) in [5.41, 5.74) is 5.63. The Bertz CT molecular complexity index is 1570. The number of aryl methyl sites for hydroxylation is 1. The van der Waals surface area contributed by atoms with Gasteiger partial charge in [-0.15, -0.1) is 11.3 Å². The maximum Gasteiger partial charge on any atom is 0.114 e. The molecule has 1 aliphatic heterocycles. The Balaban J connectivity index is 1.32. The van der Waals surface area contributed by atoms with Crippen LogP contribution < -0.4 is 0 Å². The highest BCUT2D eigenvalue weighted by Crippen LogP contribution is 2.40. The lowest BCUT2D eigenvalue weighted by Crippen LogP contribution is -2.46. The molecule has 0 radical (unpaired) electrons. The Kier molecular flexibility index (Phi) is 9.38. The minimum Gasteiger partial charge on any atom is -0.371 e. The monoisotopic (exact) mass is 596 g/mol. The number of hydrogen-bond acceptors (Lipinski definition) is 4. The first kappa shape index (κ1) is 29.1. The van der Waals surface area contributed by atoms with Crippen LogP contribution in [0.4, 0.5) is 0 Å². The lowest BCUT2D eigenvalue weighted by Gasteiger charge is -2.42. The zero-order valence-electron chi connectivity index (χ0n) is 24.2. The van der Waals surface area contributed by atoms with Gasteiger partial charge in [-0.1, -0.05) is 103 Å². The smallest absolute Gasteiger partial charge is 0.114 e. The summed E-state index contributed by atoms with van der Waals surface area (Å²) in [7, 11) is 0. The molecule has 6 rings (SSSR count). The Morgan fingerprint density at radius 1 is 0.833 bits per heavy atom. The summed E-state index contributed by atoms with van der Waals surface area (Å²) in [6.45, 7) is 5.34. The fourth-order valence-electron chi connectivity index (χ4n) is 5.83. The van der Waals surface area contributed by atoms with E-state index in [-0.39, 0.29) is 24.4 Å². The lowest BCUT2D eigenvalue weighted by atomic mass is 9.88. The summed E-state index contributed by atoms with van der Waals surface area (Å²) in [6, 6.07) is 35.8. The van der Waals surface area contributed by atoms with Crippen molar-refractivity contribution in [2.45, 2.75) is 70.7 Å². The molecule has 0 N–H and O–H groups in total. The molecule has 0 spiro atoms. The van der Waals surface area contributed by atoms with E-state index in [1.54, 1.807) is 0 Å². The van der Waals surface area contributed by atoms with E-state index >= 15 is 0 Å². The van der Waals surface area contributed by atoms with E-state index in [2.05, 4.69) is 92.7 Å². The van der Waals surface area contributed by atoms with Crippen LogP contribution >= 0.6 is 22.9 Å². The van der Waals surface area contributed by atoms with Gasteiger partial charge in [-0.3, -0.25) is 0 Å². The maximum atomic E-state index is 6.88. The van der Waals surface area contributed by atoms with Gasteiger partial charge in [0.15, 0.2) is 0 Å². The van der Waals surface area contributed by atoms with Crippen molar-refractivity contribution >= 4 is 33.0 Å². The normalized spacial score (nSPS) is 20.6. The van der Waals surface area contributed by atoms with E-state index in [1.165, 1.54) is 15.0 Å². The molecule has 1 fully saturated rings. The molecule has 1 saturated heterocycles. The standard InChI is InChI=1S/C37H37ClO3S/c1-3-30-22-34(39-23-26-12-6-4-7-13-26)37(40-24-27-14-8-5-9-15-27)36(41-30)32-21-29(33(38)18-25(32)2)20-31-19-28-16-10-11-17-35(28)42-31/h4-19,21,30,34,36-37H,3,20,22-24H2,1-2H3/t30-,34+,36+,37-/m1/s1. The molecule has 4 atom stereocenters. The van der Waals surface area contributed by atoms with Gasteiger partial charge in [-0.05, 0) is 64.7 Å². The van der Waals surface area contributed by atoms with Gasteiger partial charge in [-0.2, -0.15) is 0 Å². The zero-order chi connectivity index (χ0) is 28.9. The molecule has 0 saturated carbocycles. The lowest BCUT2D eigenvalue weighted by molar-refractivity contribution is -0.211. The molecule has 5 aromatic rings. The van der Waals surface area contributed by atoms with E-state index in [9.17, 15) is 0 Å². The second-order valence-corrected chi connectivity index (χ2v) is 12.7. The number of benzene rings is 4. The van der Waals surface area contributed by atoms with Crippen molar-refractivity contribution in [3.63, 3.8) is 0 Å². The van der Waals surface area contributed by atoms with Crippen LogP contribution in [0.25, 0.3) is 10.1 Å². The Morgan fingerprint density at radius 3 is 2.19 bits per heavy atom. The van der Waals surface area contributed by atoms with Gasteiger partial charge in [0.1, 0.15) is 12.2 Å². The average molecular weight is 597 g/mol. The molecule has 5 heteroatoms. The Morgan fingerprint density at radius 2 is 1.50 bits per heavy atom. The predicted octanol–water partition coefficient (Wildman–Crippen LogP) is 9.86. The fraction of sp³-hybridized carbons (Fsp3) is 0.297. The summed E-state index contributed by atoms with van der Waals surface area (Å²) < 4.78 is 21.5. The van der Waals surface area contributed by atoms with Crippen LogP contribution in [-0.4, -0.2) is 18.3 Å². The highest BCUT2D eigenvalue weighted by molar-refractivity contribution is 7.19. The molecule has 0 aliphatic carbocycles. The van der Waals surface area contributed by atoms with Crippen molar-refractivity contribution in [2.24, 2.45) is 0 Å². The Labute approximate surface area is 258 Å². The number of ether oxygens (including phenoxy) is 3. The van der Waals surface area contributed by atoms with Gasteiger partial charge >= 0.3 is 0 Å². The van der Waals surface area contributed by atoms with E-state index in [0.29, 0.717) is 13.2 Å². The van der Waals surface area contributed by atoms with Crippen molar-refractivity contribution in [3.05, 3.63) is 141 Å². The summed E-state index contributed by atoms with van der Waals surface area (Å²) in [5.74, 6) is 0. The molecule has 1 aliphatic rings. The fourth-order valence-corrected chi connectivity index (χ4v) is 7.21. The first-order valence-electron chi connectivity index (χ1n) is 14.8. The molecule has 1 aromatic heterocycles. The molecule has 2 heterocycles. The summed E-state index contributed by atoms with van der Waals surface area (Å²) in [4.78, 5) is 1.30. The van der Waals surface area contributed by atoms with Crippen molar-refractivity contribution in [3.8, 4) is 0 Å². The molecule has 0 unspecified atom stereocenters. The van der Waals surface area contributed by atoms with Crippen LogP contribution in [0.1, 0.15) is 58.6 Å². The Hall–Kier alpha value is -2.99. The minimum atomic E-state index is -0.272. The van der Waals surface area contributed by atoms with Crippen molar-refractivity contribution in [1.82, 2.24) is 0 Å². The number of halogens is 1. The van der Waals surface area contributed by atoms with Crippen LogP contribution in [0, 0.1) is 6.92 Å². The molecule has 42 heavy (non-hydrogen) atoms. The van der Waals surface area contributed by atoms with Gasteiger partial charge in [0, 0.05) is 27.4 Å². The van der Waals surface area contributed by atoms with Crippen molar-refractivity contribution in [2.75, 3.05) is 0 Å². The molecule has 3 nitrogen and oxygen atoms in total. The topological polar surface area (TPSA) is 27.7 Å². The van der Waals surface area contributed by atoms with Crippen molar-refractivity contribution < 1.29 is 14.2 Å². The third kappa shape index (κ3) is 6.80. The van der Waals surface area contributed by atoms with E-state index < -0.39 is 0 Å². The SMILES string of the molecule is CC[C@@H]1C[C@H](OCc2ccccc2)[C@@H](OCc2ccccc2)[C@H](c2cc(Cc3cc4ccccc4s3)c(Cl)cc2C)O1. The molecule has 0 amide bonds. The minimum absolute atomic E-state index is 0.0773. The van der Waals surface area contributed by atoms with E-state index in [4.69, 9.17) is 25.8 Å². The van der Waals surface area contributed by atoms with Gasteiger partial charge in [0.2, 0.25) is 0 Å². The average Bonchev–Trinajstić information content (AvgIpc) is 3.44. The van der Waals surface area contributed by atoms with E-state index in [1.807, 2.05) is 35.6 Å². The van der Waals surface area contributed by atoms with E-state index in [0.717, 1.165) is 52.1 Å². The second-order valence-electron chi connectivity index (χ2n) is 11.1. The molecular weight excluding hydrogens is 560 g/mol. The first-order chi connectivity index (χ1) is 20.6. The summed E-state index contributed by atoms with van der Waals surface area (Å²) >= 11 is 8.70. The number of fused-ring (bicyclic) bond motifs is 1. The quantitative estimate of drug-likeness (QED) is 0.161. The van der Waals surface area contributed by atoms with Crippen LogP contribution in [0.2, 0.25) is 5.02 Å². The predicted molar refractivity (Wildman–Crippen MR) is 173 cm³/mol. The number of thiophene rings is 1. The third-order valence-electron chi connectivity index (χ3n) is 8.13. The van der Waals surface area contributed by atoms with Crippen LogP contribution in [0.3, 0.4) is 0 Å². The van der Waals surface area contributed by atoms with Gasteiger partial charge in [0.05, 0.1) is 25.4 Å². The van der Waals surface area contributed by atoms with Gasteiger partial charge < -0.3 is 14.2 Å². The van der Waals surface area contributed by atoms with Crippen LogP contribution in [0.5, 0.6) is 0 Å². The third-order valence-corrected chi connectivity index (χ3v) is 9.60. The highest BCUT2D eigenvalue weighted by Gasteiger charge is 2.41. The number of rotatable bonds is 10. The first-order valence-corrected chi connectivity index (χ1v) is 16.0. The molecule has 4 aromatic carbocycles. The summed E-state index contributed by atoms with van der Waals surface area (Å²) in [5, 5.41) is 2.06. The maximum absolute atomic E-state index is 6.88. The summed E-state index contributed by atoms with van der Waals surface area (Å²) in [6.07, 6.45) is 1.90. The van der Waals surface area contributed by atoms with Gasteiger partial charge in [0.25, 0.3) is 0 Å².